The Balaban J connectivity index is 1.44. The summed E-state index contributed by atoms with van der Waals surface area (Å²) >= 11 is 12.0. The summed E-state index contributed by atoms with van der Waals surface area (Å²) in [5.41, 5.74) is 3.69. The van der Waals surface area contributed by atoms with Crippen LogP contribution < -0.4 is 15.5 Å². The third kappa shape index (κ3) is 6.37. The highest BCUT2D eigenvalue weighted by atomic mass is 35.5. The number of carbonyl (C=O) groups is 2. The van der Waals surface area contributed by atoms with Gasteiger partial charge in [-0.25, -0.2) is 5.43 Å². The molecule has 0 fully saturated rings. The topological polar surface area (TPSA) is 92.9 Å². The van der Waals surface area contributed by atoms with Gasteiger partial charge in [-0.3, -0.25) is 9.59 Å². The van der Waals surface area contributed by atoms with E-state index < -0.39 is 11.8 Å². The zero-order valence-corrected chi connectivity index (χ0v) is 17.1. The van der Waals surface area contributed by atoms with Crippen molar-refractivity contribution in [2.24, 2.45) is 5.10 Å². The minimum absolute atomic E-state index is 0.117. The van der Waals surface area contributed by atoms with E-state index in [1.807, 2.05) is 0 Å². The molecule has 3 aromatic rings. The van der Waals surface area contributed by atoms with E-state index in [4.69, 9.17) is 32.4 Å². The number of hydrogen-bond acceptors (Lipinski definition) is 5. The standard InChI is InChI=1S/C21H17Cl2N3O4/c22-16-6-5-15(19(23)10-16)13-30-17-7-3-14(4-8-17)11-25-26-21(28)20(27)24-12-18-2-1-9-29-18/h1-11H,12-13H2,(H,24,27)(H,26,28)/b25-11-. The molecule has 1 heterocycles. The summed E-state index contributed by atoms with van der Waals surface area (Å²) in [6, 6.07) is 15.6. The molecule has 0 saturated heterocycles. The van der Waals surface area contributed by atoms with Crippen molar-refractivity contribution in [1.29, 1.82) is 0 Å². The lowest BCUT2D eigenvalue weighted by molar-refractivity contribution is -0.139. The number of nitrogens with one attached hydrogen (secondary N) is 2. The molecular formula is C21H17Cl2N3O4. The molecule has 3 rings (SSSR count). The van der Waals surface area contributed by atoms with Crippen molar-refractivity contribution in [1.82, 2.24) is 10.7 Å². The van der Waals surface area contributed by atoms with Crippen LogP contribution >= 0.6 is 23.2 Å². The smallest absolute Gasteiger partial charge is 0.329 e. The Morgan fingerprint density at radius 3 is 2.57 bits per heavy atom. The van der Waals surface area contributed by atoms with Crippen LogP contribution in [0.2, 0.25) is 10.0 Å². The normalized spacial score (nSPS) is 10.7. The van der Waals surface area contributed by atoms with Gasteiger partial charge in [-0.15, -0.1) is 0 Å². The van der Waals surface area contributed by atoms with Gasteiger partial charge in [0.2, 0.25) is 0 Å². The Kier molecular flexibility index (Phi) is 7.48. The fourth-order valence-electron chi connectivity index (χ4n) is 2.33. The number of rotatable bonds is 7. The molecule has 0 unspecified atom stereocenters. The largest absolute Gasteiger partial charge is 0.489 e. The molecule has 0 radical (unpaired) electrons. The van der Waals surface area contributed by atoms with E-state index in [-0.39, 0.29) is 6.54 Å². The van der Waals surface area contributed by atoms with Crippen LogP contribution in [0.4, 0.5) is 0 Å². The monoisotopic (exact) mass is 445 g/mol. The lowest BCUT2D eigenvalue weighted by Crippen LogP contribution is -2.37. The number of hydrazone groups is 1. The van der Waals surface area contributed by atoms with Crippen LogP contribution in [-0.4, -0.2) is 18.0 Å². The molecule has 30 heavy (non-hydrogen) atoms. The Bertz CT molecular complexity index is 1030. The van der Waals surface area contributed by atoms with Gasteiger partial charge in [0.1, 0.15) is 18.1 Å². The van der Waals surface area contributed by atoms with Crippen molar-refractivity contribution >= 4 is 41.2 Å². The summed E-state index contributed by atoms with van der Waals surface area (Å²) in [5.74, 6) is -0.509. The molecule has 0 atom stereocenters. The van der Waals surface area contributed by atoms with Gasteiger partial charge in [-0.2, -0.15) is 5.10 Å². The molecule has 0 saturated carbocycles. The Morgan fingerprint density at radius 2 is 1.87 bits per heavy atom. The molecule has 7 nitrogen and oxygen atoms in total. The predicted octanol–water partition coefficient (Wildman–Crippen LogP) is 3.93. The first-order valence-corrected chi connectivity index (χ1v) is 9.57. The molecule has 1 aromatic heterocycles. The van der Waals surface area contributed by atoms with Gasteiger partial charge in [-0.1, -0.05) is 29.3 Å². The van der Waals surface area contributed by atoms with Crippen LogP contribution in [0.3, 0.4) is 0 Å². The summed E-state index contributed by atoms with van der Waals surface area (Å²) in [7, 11) is 0. The van der Waals surface area contributed by atoms with Gasteiger partial charge >= 0.3 is 11.8 Å². The van der Waals surface area contributed by atoms with Crippen LogP contribution in [0.15, 0.2) is 70.4 Å². The summed E-state index contributed by atoms with van der Waals surface area (Å²) < 4.78 is 10.8. The first-order valence-electron chi connectivity index (χ1n) is 8.81. The number of halogens is 2. The van der Waals surface area contributed by atoms with Gasteiger partial charge in [0.25, 0.3) is 0 Å². The van der Waals surface area contributed by atoms with E-state index in [1.165, 1.54) is 12.5 Å². The maximum atomic E-state index is 11.7. The lowest BCUT2D eigenvalue weighted by atomic mass is 10.2. The van der Waals surface area contributed by atoms with Gasteiger partial charge in [0, 0.05) is 15.6 Å². The number of benzene rings is 2. The zero-order chi connectivity index (χ0) is 21.3. The van der Waals surface area contributed by atoms with Crippen molar-refractivity contribution in [3.8, 4) is 5.75 Å². The Hall–Kier alpha value is -3.29. The van der Waals surface area contributed by atoms with E-state index >= 15 is 0 Å². The summed E-state index contributed by atoms with van der Waals surface area (Å²) in [6.07, 6.45) is 2.90. The average molecular weight is 446 g/mol. The van der Waals surface area contributed by atoms with Crippen molar-refractivity contribution in [3.05, 3.63) is 87.8 Å². The van der Waals surface area contributed by atoms with E-state index in [2.05, 4.69) is 15.8 Å². The molecule has 0 spiro atoms. The van der Waals surface area contributed by atoms with E-state index in [1.54, 1.807) is 54.6 Å². The SMILES string of the molecule is O=C(NCc1ccco1)C(=O)N/N=C\c1ccc(OCc2ccc(Cl)cc2Cl)cc1. The van der Waals surface area contributed by atoms with E-state index in [0.29, 0.717) is 33.7 Å². The number of carbonyl (C=O) groups excluding carboxylic acids is 2. The van der Waals surface area contributed by atoms with Crippen LogP contribution in [0.5, 0.6) is 5.75 Å². The first kappa shape index (κ1) is 21.4. The van der Waals surface area contributed by atoms with E-state index in [0.717, 1.165) is 5.56 Å². The number of furan rings is 1. The highest BCUT2D eigenvalue weighted by Gasteiger charge is 2.12. The number of hydrogen-bond donors (Lipinski definition) is 2. The second kappa shape index (κ2) is 10.5. The van der Waals surface area contributed by atoms with Crippen molar-refractivity contribution in [3.63, 3.8) is 0 Å². The maximum Gasteiger partial charge on any atom is 0.329 e. The molecule has 9 heteroatoms. The molecule has 0 aliphatic rings. The summed E-state index contributed by atoms with van der Waals surface area (Å²) in [6.45, 7) is 0.415. The fraction of sp³-hybridized carbons (Fsp3) is 0.0952. The third-order valence-electron chi connectivity index (χ3n) is 3.88. The average Bonchev–Trinajstić information content (AvgIpc) is 3.26. The minimum Gasteiger partial charge on any atom is -0.489 e. The molecule has 2 N–H and O–H groups in total. The first-order chi connectivity index (χ1) is 14.5. The number of amides is 2. The van der Waals surface area contributed by atoms with Gasteiger partial charge in [0.05, 0.1) is 19.0 Å². The van der Waals surface area contributed by atoms with Crippen LogP contribution in [0.1, 0.15) is 16.9 Å². The van der Waals surface area contributed by atoms with Crippen molar-refractivity contribution < 1.29 is 18.7 Å². The van der Waals surface area contributed by atoms with Gasteiger partial charge in [-0.05, 0) is 54.1 Å². The van der Waals surface area contributed by atoms with Crippen LogP contribution in [-0.2, 0) is 22.7 Å². The molecule has 2 amide bonds. The minimum atomic E-state index is -0.877. The lowest BCUT2D eigenvalue weighted by Gasteiger charge is -2.08. The summed E-state index contributed by atoms with van der Waals surface area (Å²) in [4.78, 5) is 23.4. The molecular weight excluding hydrogens is 429 g/mol. The Labute approximate surface area is 182 Å². The van der Waals surface area contributed by atoms with Gasteiger partial charge < -0.3 is 14.5 Å². The molecule has 154 valence electrons. The molecule has 0 bridgehead atoms. The summed E-state index contributed by atoms with van der Waals surface area (Å²) in [5, 5.41) is 7.30. The molecule has 0 aliphatic heterocycles. The van der Waals surface area contributed by atoms with Crippen LogP contribution in [0, 0.1) is 0 Å². The van der Waals surface area contributed by atoms with E-state index in [9.17, 15) is 9.59 Å². The highest BCUT2D eigenvalue weighted by Crippen LogP contribution is 2.22. The zero-order valence-electron chi connectivity index (χ0n) is 15.6. The Morgan fingerprint density at radius 1 is 1.07 bits per heavy atom. The second-order valence-corrected chi connectivity index (χ2v) is 6.90. The number of nitrogens with zero attached hydrogens (tertiary/aromatic N) is 1. The molecule has 2 aromatic carbocycles. The van der Waals surface area contributed by atoms with Gasteiger partial charge in [0.15, 0.2) is 0 Å². The third-order valence-corrected chi connectivity index (χ3v) is 4.47. The molecule has 0 aliphatic carbocycles. The second-order valence-electron chi connectivity index (χ2n) is 6.05. The van der Waals surface area contributed by atoms with Crippen molar-refractivity contribution in [2.75, 3.05) is 0 Å². The fourth-order valence-corrected chi connectivity index (χ4v) is 2.79. The number of ether oxygens (including phenoxy) is 1. The highest BCUT2D eigenvalue weighted by molar-refractivity contribution is 6.35. The predicted molar refractivity (Wildman–Crippen MR) is 114 cm³/mol. The quantitative estimate of drug-likeness (QED) is 0.327. The maximum absolute atomic E-state index is 11.7. The van der Waals surface area contributed by atoms with Crippen molar-refractivity contribution in [2.45, 2.75) is 13.2 Å². The van der Waals surface area contributed by atoms with Crippen LogP contribution in [0.25, 0.3) is 0 Å².